The highest BCUT2D eigenvalue weighted by atomic mass is 31.2. The molecule has 0 saturated heterocycles. The van der Waals surface area contributed by atoms with Gasteiger partial charge in [0.25, 0.3) is 0 Å². The van der Waals surface area contributed by atoms with Crippen LogP contribution in [0.2, 0.25) is 0 Å². The largest absolute Gasteiger partial charge is 0.472 e. The Kier molecular flexibility index (Phi) is 81.1. The lowest BCUT2D eigenvalue weighted by atomic mass is 10.0. The van der Waals surface area contributed by atoms with Gasteiger partial charge in [-0.3, -0.25) is 37.3 Å². The summed E-state index contributed by atoms with van der Waals surface area (Å²) in [6, 6.07) is 0. The summed E-state index contributed by atoms with van der Waals surface area (Å²) in [6.07, 6.45) is 77.8. The van der Waals surface area contributed by atoms with E-state index in [9.17, 15) is 43.2 Å². The predicted octanol–water partition coefficient (Wildman–Crippen LogP) is 27.9. The fourth-order valence-corrected chi connectivity index (χ4v) is 15.8. The number of phosphoric acid groups is 2. The molecule has 0 aliphatic heterocycles. The Labute approximate surface area is 670 Å². The molecule has 0 amide bonds. The lowest BCUT2D eigenvalue weighted by molar-refractivity contribution is -0.161. The molecule has 19 heteroatoms. The average molecular weight is 1590 g/mol. The molecule has 2 unspecified atom stereocenters. The van der Waals surface area contributed by atoms with Crippen LogP contribution in [-0.2, 0) is 65.4 Å². The quantitative estimate of drug-likeness (QED) is 0.0222. The molecule has 0 aromatic rings. The van der Waals surface area contributed by atoms with Crippen molar-refractivity contribution in [2.45, 2.75) is 509 Å². The molecular weight excluding hydrogens is 1410 g/mol. The van der Waals surface area contributed by atoms with Crippen molar-refractivity contribution in [1.29, 1.82) is 0 Å². The van der Waals surface area contributed by atoms with Crippen LogP contribution >= 0.6 is 15.6 Å². The van der Waals surface area contributed by atoms with Crippen molar-refractivity contribution in [1.82, 2.24) is 0 Å². The molecule has 0 saturated carbocycles. The molecule has 0 aliphatic rings. The number of rotatable bonds is 90. The maximum atomic E-state index is 13.2. The molecule has 0 fully saturated rings. The molecule has 3 N–H and O–H groups in total. The van der Waals surface area contributed by atoms with Crippen molar-refractivity contribution >= 4 is 39.5 Å². The second kappa shape index (κ2) is 82.6. The first-order valence-electron chi connectivity index (χ1n) is 46.6. The average Bonchev–Trinajstić information content (AvgIpc) is 0.901. The van der Waals surface area contributed by atoms with Crippen molar-refractivity contribution in [2.75, 3.05) is 39.6 Å². The molecule has 648 valence electrons. The van der Waals surface area contributed by atoms with E-state index in [-0.39, 0.29) is 25.7 Å². The van der Waals surface area contributed by atoms with Crippen LogP contribution in [0.3, 0.4) is 0 Å². The monoisotopic (exact) mass is 1590 g/mol. The van der Waals surface area contributed by atoms with Crippen molar-refractivity contribution in [3.05, 3.63) is 0 Å². The summed E-state index contributed by atoms with van der Waals surface area (Å²) < 4.78 is 69.0. The number of phosphoric ester groups is 2. The highest BCUT2D eigenvalue weighted by Crippen LogP contribution is 2.45. The van der Waals surface area contributed by atoms with Gasteiger partial charge in [-0.05, 0) is 31.6 Å². The zero-order chi connectivity index (χ0) is 79.7. The molecule has 17 nitrogen and oxygen atoms in total. The SMILES string of the molecule is CCCCCCCCCCCCCCCCCCCCCCC(=O)OC[C@H](COP(=O)(O)OC[C@@H](O)COP(=O)(O)OC[C@@H](COC(=O)CCCCCCCCCCCCC)OC(=O)CCCCCCCCCCCCCCCCCC(C)C)OC(=O)CCCCCCCCCCCCCCCCCCCCCC. The van der Waals surface area contributed by atoms with E-state index in [1.807, 2.05) is 0 Å². The van der Waals surface area contributed by atoms with E-state index in [1.54, 1.807) is 0 Å². The van der Waals surface area contributed by atoms with Gasteiger partial charge in [0.05, 0.1) is 26.4 Å². The molecule has 0 aromatic heterocycles. The maximum Gasteiger partial charge on any atom is 0.472 e. The van der Waals surface area contributed by atoms with E-state index in [2.05, 4.69) is 34.6 Å². The van der Waals surface area contributed by atoms with Crippen LogP contribution in [0.15, 0.2) is 0 Å². The van der Waals surface area contributed by atoms with Crippen molar-refractivity contribution in [3.63, 3.8) is 0 Å². The van der Waals surface area contributed by atoms with Crippen LogP contribution in [-0.4, -0.2) is 96.7 Å². The maximum absolute atomic E-state index is 13.2. The summed E-state index contributed by atoms with van der Waals surface area (Å²) >= 11 is 0. The van der Waals surface area contributed by atoms with Gasteiger partial charge in [0.15, 0.2) is 12.2 Å². The third-order valence-electron chi connectivity index (χ3n) is 21.3. The number of carbonyl (C=O) groups excluding carboxylic acids is 4. The number of unbranched alkanes of at least 4 members (excludes halogenated alkanes) is 62. The lowest BCUT2D eigenvalue weighted by Crippen LogP contribution is -2.30. The zero-order valence-corrected chi connectivity index (χ0v) is 73.5. The molecule has 109 heavy (non-hydrogen) atoms. The highest BCUT2D eigenvalue weighted by molar-refractivity contribution is 7.47. The van der Waals surface area contributed by atoms with Crippen molar-refractivity contribution < 1.29 is 80.2 Å². The van der Waals surface area contributed by atoms with Gasteiger partial charge in [-0.25, -0.2) is 9.13 Å². The fourth-order valence-electron chi connectivity index (χ4n) is 14.2. The Morgan fingerprint density at radius 3 is 0.624 bits per heavy atom. The Morgan fingerprint density at radius 2 is 0.422 bits per heavy atom. The van der Waals surface area contributed by atoms with Crippen LogP contribution in [0, 0.1) is 5.92 Å². The van der Waals surface area contributed by atoms with Crippen molar-refractivity contribution in [3.8, 4) is 0 Å². The minimum Gasteiger partial charge on any atom is -0.462 e. The number of hydrogen-bond donors (Lipinski definition) is 3. The highest BCUT2D eigenvalue weighted by Gasteiger charge is 2.31. The van der Waals surface area contributed by atoms with E-state index >= 15 is 0 Å². The normalized spacial score (nSPS) is 13.7. The Morgan fingerprint density at radius 1 is 0.248 bits per heavy atom. The van der Waals surface area contributed by atoms with Crippen molar-refractivity contribution in [2.24, 2.45) is 5.92 Å². The number of carbonyl (C=O) groups is 4. The third kappa shape index (κ3) is 83.8. The number of ether oxygens (including phenoxy) is 4. The van der Waals surface area contributed by atoms with Gasteiger partial charge in [0.1, 0.15) is 19.3 Å². The van der Waals surface area contributed by atoms with Crippen LogP contribution < -0.4 is 0 Å². The lowest BCUT2D eigenvalue weighted by Gasteiger charge is -2.21. The molecule has 0 bridgehead atoms. The summed E-state index contributed by atoms with van der Waals surface area (Å²) in [7, 11) is -9.93. The standard InChI is InChI=1S/C90H176O17P2/c1-6-9-12-15-18-21-24-26-28-30-32-34-36-40-44-49-54-59-64-69-74-88(93)101-80-86(107-89(94)75-70-65-60-55-50-45-41-37-35-33-31-29-27-25-22-19-16-13-10-7-2)82-105-109(98,99)103-78-84(91)77-102-108(96,97)104-81-85(79-100-87(92)73-68-63-58-53-47-23-20-17-14-11-8-3)106-90(95)76-71-66-61-56-51-46-42-38-39-43-48-52-57-62-67-72-83(4)5/h83-86,91H,6-82H2,1-5H3,(H,96,97)(H,98,99)/t84-,85+,86+/m0/s1. The molecule has 0 heterocycles. The molecule has 5 atom stereocenters. The minimum absolute atomic E-state index is 0.109. The fraction of sp³-hybridized carbons (Fsp3) is 0.956. The second-order valence-electron chi connectivity index (χ2n) is 32.8. The predicted molar refractivity (Wildman–Crippen MR) is 451 cm³/mol. The van der Waals surface area contributed by atoms with Gasteiger partial charge < -0.3 is 33.8 Å². The van der Waals surface area contributed by atoms with Crippen LogP contribution in [0.5, 0.6) is 0 Å². The van der Waals surface area contributed by atoms with Crippen LogP contribution in [0.1, 0.15) is 490 Å². The summed E-state index contributed by atoms with van der Waals surface area (Å²) in [6.45, 7) is 7.41. The Balaban J connectivity index is 5.23. The van der Waals surface area contributed by atoms with E-state index in [0.717, 1.165) is 95.8 Å². The van der Waals surface area contributed by atoms with E-state index < -0.39 is 97.5 Å². The van der Waals surface area contributed by atoms with Crippen LogP contribution in [0.25, 0.3) is 0 Å². The topological polar surface area (TPSA) is 237 Å². The van der Waals surface area contributed by atoms with Gasteiger partial charge in [0, 0.05) is 25.7 Å². The molecular formula is C90H176O17P2. The van der Waals surface area contributed by atoms with E-state index in [4.69, 9.17) is 37.0 Å². The first-order chi connectivity index (χ1) is 53.0. The smallest absolute Gasteiger partial charge is 0.462 e. The third-order valence-corrected chi connectivity index (χ3v) is 23.2. The number of hydrogen-bond acceptors (Lipinski definition) is 15. The van der Waals surface area contributed by atoms with Gasteiger partial charge in [-0.15, -0.1) is 0 Å². The molecule has 0 aliphatic carbocycles. The van der Waals surface area contributed by atoms with E-state index in [0.29, 0.717) is 25.7 Å². The van der Waals surface area contributed by atoms with E-state index in [1.165, 1.54) is 315 Å². The molecule has 0 rings (SSSR count). The number of aliphatic hydroxyl groups excluding tert-OH is 1. The molecule has 0 radical (unpaired) electrons. The molecule has 0 spiro atoms. The Hall–Kier alpha value is -1.94. The second-order valence-corrected chi connectivity index (χ2v) is 35.7. The molecule has 0 aromatic carbocycles. The summed E-state index contributed by atoms with van der Waals surface area (Å²) in [5.74, 6) is -1.29. The Bertz CT molecular complexity index is 2070. The summed E-state index contributed by atoms with van der Waals surface area (Å²) in [5, 5.41) is 10.7. The van der Waals surface area contributed by atoms with Gasteiger partial charge in [0.2, 0.25) is 0 Å². The van der Waals surface area contributed by atoms with Gasteiger partial charge >= 0.3 is 39.5 Å². The summed E-state index contributed by atoms with van der Waals surface area (Å²) in [4.78, 5) is 73.4. The first-order valence-corrected chi connectivity index (χ1v) is 49.6. The van der Waals surface area contributed by atoms with Crippen LogP contribution in [0.4, 0.5) is 0 Å². The van der Waals surface area contributed by atoms with Gasteiger partial charge in [-0.2, -0.15) is 0 Å². The summed E-state index contributed by atoms with van der Waals surface area (Å²) in [5.41, 5.74) is 0. The van der Waals surface area contributed by atoms with Gasteiger partial charge in [-0.1, -0.05) is 439 Å². The number of esters is 4. The minimum atomic E-state index is -4.97. The first kappa shape index (κ1) is 107. The zero-order valence-electron chi connectivity index (χ0n) is 71.7. The number of aliphatic hydroxyl groups is 1.